The Balaban J connectivity index is 1.72. The molecule has 5 nitrogen and oxygen atoms in total. The fraction of sp³-hybridized carbons (Fsp3) is 0.412. The number of thiophene rings is 1. The highest BCUT2D eigenvalue weighted by atomic mass is 32.1. The van der Waals surface area contributed by atoms with Crippen LogP contribution in [0.4, 0.5) is 5.82 Å². The highest BCUT2D eigenvalue weighted by Gasteiger charge is 2.26. The molecule has 0 amide bonds. The van der Waals surface area contributed by atoms with Crippen molar-refractivity contribution in [2.45, 2.75) is 19.1 Å². The van der Waals surface area contributed by atoms with Crippen molar-refractivity contribution in [3.63, 3.8) is 0 Å². The topological polar surface area (TPSA) is 61.2 Å². The van der Waals surface area contributed by atoms with Gasteiger partial charge in [-0.1, -0.05) is 12.1 Å². The molecular formula is C17H20N4OS. The first kappa shape index (κ1) is 15.9. The molecule has 3 rings (SSSR count). The lowest BCUT2D eigenvalue weighted by Gasteiger charge is -2.37. The number of anilines is 1. The largest absolute Gasteiger partial charge is 0.376 e. The molecule has 1 aliphatic rings. The van der Waals surface area contributed by atoms with Gasteiger partial charge in [-0.2, -0.15) is 5.26 Å². The van der Waals surface area contributed by atoms with Crippen molar-refractivity contribution in [3.05, 3.63) is 46.3 Å². The van der Waals surface area contributed by atoms with E-state index in [9.17, 15) is 0 Å². The molecule has 0 aromatic carbocycles. The van der Waals surface area contributed by atoms with Gasteiger partial charge in [0.25, 0.3) is 0 Å². The third-order valence-corrected chi connectivity index (χ3v) is 4.90. The van der Waals surface area contributed by atoms with Crippen LogP contribution in [0, 0.1) is 11.3 Å². The van der Waals surface area contributed by atoms with Crippen molar-refractivity contribution in [1.29, 1.82) is 5.26 Å². The van der Waals surface area contributed by atoms with E-state index in [2.05, 4.69) is 45.7 Å². The lowest BCUT2D eigenvalue weighted by molar-refractivity contribution is -0.0322. The van der Waals surface area contributed by atoms with Crippen molar-refractivity contribution >= 4 is 17.2 Å². The molecule has 0 radical (unpaired) electrons. The van der Waals surface area contributed by atoms with Crippen LogP contribution >= 0.6 is 11.3 Å². The van der Waals surface area contributed by atoms with Gasteiger partial charge >= 0.3 is 0 Å². The van der Waals surface area contributed by atoms with Crippen LogP contribution in [0.2, 0.25) is 0 Å². The van der Waals surface area contributed by atoms with E-state index in [-0.39, 0.29) is 12.1 Å². The molecule has 1 aliphatic heterocycles. The second kappa shape index (κ2) is 7.55. The Morgan fingerprint density at radius 2 is 2.39 bits per heavy atom. The van der Waals surface area contributed by atoms with Crippen molar-refractivity contribution in [2.24, 2.45) is 0 Å². The zero-order valence-electron chi connectivity index (χ0n) is 13.1. The molecule has 1 fully saturated rings. The fourth-order valence-corrected chi connectivity index (χ4v) is 3.68. The van der Waals surface area contributed by atoms with E-state index in [4.69, 9.17) is 10.00 Å². The standard InChI is InChI=1S/C17H20N4OS/c1-13-12-21(7-8-22-13)15(16-5-3-9-23-16)11-19-17-6-2-4-14(10-18)20-17/h2-6,9,13,15H,7-8,11-12H2,1H3,(H,19,20)/t13-,15-/m0/s1. The predicted molar refractivity (Wildman–Crippen MR) is 91.5 cm³/mol. The molecule has 0 aliphatic carbocycles. The van der Waals surface area contributed by atoms with Crippen LogP contribution in [0.3, 0.4) is 0 Å². The Bertz CT molecular complexity index is 667. The van der Waals surface area contributed by atoms with Gasteiger partial charge in [0.2, 0.25) is 0 Å². The molecule has 120 valence electrons. The van der Waals surface area contributed by atoms with E-state index >= 15 is 0 Å². The van der Waals surface area contributed by atoms with Crippen molar-refractivity contribution in [3.8, 4) is 6.07 Å². The summed E-state index contributed by atoms with van der Waals surface area (Å²) < 4.78 is 5.66. The summed E-state index contributed by atoms with van der Waals surface area (Å²) in [7, 11) is 0. The summed E-state index contributed by atoms with van der Waals surface area (Å²) >= 11 is 1.77. The number of morpholine rings is 1. The normalized spacial score (nSPS) is 19.9. The van der Waals surface area contributed by atoms with E-state index in [1.165, 1.54) is 4.88 Å². The van der Waals surface area contributed by atoms with Crippen LogP contribution in [0.5, 0.6) is 0 Å². The van der Waals surface area contributed by atoms with Gasteiger partial charge in [0, 0.05) is 24.5 Å². The van der Waals surface area contributed by atoms with E-state index in [0.717, 1.165) is 32.1 Å². The molecule has 0 spiro atoms. The van der Waals surface area contributed by atoms with Gasteiger partial charge < -0.3 is 10.1 Å². The molecule has 0 bridgehead atoms. The van der Waals surface area contributed by atoms with E-state index in [1.807, 2.05) is 12.1 Å². The minimum absolute atomic E-state index is 0.256. The summed E-state index contributed by atoms with van der Waals surface area (Å²) in [6.45, 7) is 5.50. The summed E-state index contributed by atoms with van der Waals surface area (Å²) in [4.78, 5) is 8.09. The first-order chi connectivity index (χ1) is 11.3. The summed E-state index contributed by atoms with van der Waals surface area (Å²) in [6.07, 6.45) is 0.256. The van der Waals surface area contributed by atoms with Crippen LogP contribution < -0.4 is 5.32 Å². The van der Waals surface area contributed by atoms with Crippen LogP contribution in [-0.2, 0) is 4.74 Å². The number of pyridine rings is 1. The minimum atomic E-state index is 0.256. The van der Waals surface area contributed by atoms with Gasteiger partial charge in [0.1, 0.15) is 17.6 Å². The number of nitrogens with zero attached hydrogens (tertiary/aromatic N) is 3. The SMILES string of the molecule is C[C@H]1CN([C@@H](CNc2cccc(C#N)n2)c2cccs2)CCO1. The molecule has 1 N–H and O–H groups in total. The van der Waals surface area contributed by atoms with Gasteiger partial charge in [-0.25, -0.2) is 4.98 Å². The highest BCUT2D eigenvalue weighted by molar-refractivity contribution is 7.10. The molecule has 1 saturated heterocycles. The molecule has 2 atom stereocenters. The first-order valence-corrected chi connectivity index (χ1v) is 8.64. The number of nitrogens with one attached hydrogen (secondary N) is 1. The second-order valence-corrected chi connectivity index (χ2v) is 6.59. The predicted octanol–water partition coefficient (Wildman–Crippen LogP) is 2.89. The highest BCUT2D eigenvalue weighted by Crippen LogP contribution is 2.27. The fourth-order valence-electron chi connectivity index (χ4n) is 2.82. The lowest BCUT2D eigenvalue weighted by Crippen LogP contribution is -2.44. The van der Waals surface area contributed by atoms with Crippen LogP contribution in [-0.4, -0.2) is 42.2 Å². The molecule has 23 heavy (non-hydrogen) atoms. The third kappa shape index (κ3) is 4.08. The van der Waals surface area contributed by atoms with Crippen molar-refractivity contribution in [1.82, 2.24) is 9.88 Å². The molecular weight excluding hydrogens is 308 g/mol. The van der Waals surface area contributed by atoms with Gasteiger partial charge in [-0.15, -0.1) is 11.3 Å². The monoisotopic (exact) mass is 328 g/mol. The molecule has 0 saturated carbocycles. The average Bonchev–Trinajstić information content (AvgIpc) is 3.10. The van der Waals surface area contributed by atoms with Gasteiger partial charge in [0.05, 0.1) is 18.8 Å². The van der Waals surface area contributed by atoms with E-state index < -0.39 is 0 Å². The Hall–Kier alpha value is -1.94. The van der Waals surface area contributed by atoms with Gasteiger partial charge in [0.15, 0.2) is 0 Å². The maximum absolute atomic E-state index is 8.96. The van der Waals surface area contributed by atoms with Crippen molar-refractivity contribution in [2.75, 3.05) is 31.6 Å². The number of nitriles is 1. The maximum Gasteiger partial charge on any atom is 0.142 e. The Labute approximate surface area is 140 Å². The van der Waals surface area contributed by atoms with E-state index in [0.29, 0.717) is 5.69 Å². The number of hydrogen-bond acceptors (Lipinski definition) is 6. The zero-order valence-corrected chi connectivity index (χ0v) is 13.9. The van der Waals surface area contributed by atoms with Crippen LogP contribution in [0.15, 0.2) is 35.7 Å². The summed E-state index contributed by atoms with van der Waals surface area (Å²) in [5.41, 5.74) is 0.433. The van der Waals surface area contributed by atoms with Gasteiger partial charge in [-0.3, -0.25) is 4.90 Å². The first-order valence-electron chi connectivity index (χ1n) is 7.76. The Morgan fingerprint density at radius 3 is 3.13 bits per heavy atom. The van der Waals surface area contributed by atoms with Crippen LogP contribution in [0.1, 0.15) is 23.5 Å². The minimum Gasteiger partial charge on any atom is -0.376 e. The number of rotatable bonds is 5. The second-order valence-electron chi connectivity index (χ2n) is 5.61. The summed E-state index contributed by atoms with van der Waals surface area (Å²) in [5.74, 6) is 0.743. The van der Waals surface area contributed by atoms with E-state index in [1.54, 1.807) is 17.4 Å². The third-order valence-electron chi connectivity index (χ3n) is 3.93. The zero-order chi connectivity index (χ0) is 16.1. The maximum atomic E-state index is 8.96. The molecule has 0 unspecified atom stereocenters. The van der Waals surface area contributed by atoms with Crippen LogP contribution in [0.25, 0.3) is 0 Å². The quantitative estimate of drug-likeness (QED) is 0.914. The molecule has 3 heterocycles. The molecule has 2 aromatic rings. The molecule has 6 heteroatoms. The van der Waals surface area contributed by atoms with Crippen molar-refractivity contribution < 1.29 is 4.74 Å². The summed E-state index contributed by atoms with van der Waals surface area (Å²) in [6, 6.07) is 12.1. The Kier molecular flexibility index (Phi) is 5.23. The number of aromatic nitrogens is 1. The molecule has 2 aromatic heterocycles. The number of hydrogen-bond donors (Lipinski definition) is 1. The smallest absolute Gasteiger partial charge is 0.142 e. The Morgan fingerprint density at radius 1 is 1.48 bits per heavy atom. The lowest BCUT2D eigenvalue weighted by atomic mass is 10.1. The number of ether oxygens (including phenoxy) is 1. The van der Waals surface area contributed by atoms with Gasteiger partial charge in [-0.05, 0) is 30.5 Å². The summed E-state index contributed by atoms with van der Waals surface area (Å²) in [5, 5.41) is 14.5. The average molecular weight is 328 g/mol.